The number of nitrogens with zero attached hydrogens (tertiary/aromatic N) is 4. The van der Waals surface area contributed by atoms with Gasteiger partial charge in [0.05, 0.1) is 0 Å². The van der Waals surface area contributed by atoms with E-state index in [-0.39, 0.29) is 0 Å². The van der Waals surface area contributed by atoms with Gasteiger partial charge in [-0.25, -0.2) is 9.97 Å². The zero-order valence-corrected chi connectivity index (χ0v) is 9.98. The van der Waals surface area contributed by atoms with Gasteiger partial charge < -0.3 is 9.80 Å². The molecule has 0 spiro atoms. The van der Waals surface area contributed by atoms with Gasteiger partial charge in [-0.3, -0.25) is 0 Å². The molecular weight excluding hydrogens is 200 g/mol. The Labute approximate surface area is 96.6 Å². The molecule has 0 unspecified atom stereocenters. The highest BCUT2D eigenvalue weighted by Crippen LogP contribution is 2.14. The molecule has 2 rings (SSSR count). The van der Waals surface area contributed by atoms with Crippen molar-refractivity contribution in [3.05, 3.63) is 24.2 Å². The lowest BCUT2D eigenvalue weighted by molar-refractivity contribution is 0.312. The number of rotatable bonds is 2. The van der Waals surface area contributed by atoms with E-state index in [2.05, 4.69) is 33.4 Å². The molecular formula is C12H18N4. The fourth-order valence-corrected chi connectivity index (χ4v) is 1.86. The Morgan fingerprint density at radius 1 is 1.25 bits per heavy atom. The fraction of sp³-hybridized carbons (Fsp3) is 0.500. The smallest absolute Gasteiger partial charge is 0.153 e. The number of aryl methyl sites for hydroxylation is 1. The summed E-state index contributed by atoms with van der Waals surface area (Å²) in [6.07, 6.45) is 1.70. The van der Waals surface area contributed by atoms with Crippen LogP contribution in [0.1, 0.15) is 11.5 Å². The van der Waals surface area contributed by atoms with Gasteiger partial charge in [0.2, 0.25) is 0 Å². The highest BCUT2D eigenvalue weighted by atomic mass is 15.3. The molecule has 1 aliphatic rings. The number of aromatic nitrogens is 2. The lowest BCUT2D eigenvalue weighted by atomic mass is 10.3. The van der Waals surface area contributed by atoms with Gasteiger partial charge in [-0.1, -0.05) is 6.58 Å². The molecule has 1 fully saturated rings. The first-order valence-corrected chi connectivity index (χ1v) is 5.60. The summed E-state index contributed by atoms with van der Waals surface area (Å²) in [7, 11) is 2.15. The Morgan fingerprint density at radius 2 is 1.94 bits per heavy atom. The molecule has 0 aliphatic carbocycles. The summed E-state index contributed by atoms with van der Waals surface area (Å²) in [5, 5.41) is 0. The molecule has 0 amide bonds. The van der Waals surface area contributed by atoms with Gasteiger partial charge in [0.15, 0.2) is 5.82 Å². The highest BCUT2D eigenvalue weighted by Gasteiger charge is 2.15. The monoisotopic (exact) mass is 218 g/mol. The van der Waals surface area contributed by atoms with E-state index < -0.39 is 0 Å². The van der Waals surface area contributed by atoms with Crippen molar-refractivity contribution < 1.29 is 0 Å². The summed E-state index contributed by atoms with van der Waals surface area (Å²) in [6, 6.07) is 2.04. The van der Waals surface area contributed by atoms with E-state index in [1.54, 1.807) is 6.08 Å². The molecule has 86 valence electrons. The summed E-state index contributed by atoms with van der Waals surface area (Å²) in [4.78, 5) is 13.4. The summed E-state index contributed by atoms with van der Waals surface area (Å²) < 4.78 is 0. The molecule has 4 nitrogen and oxygen atoms in total. The van der Waals surface area contributed by atoms with Crippen molar-refractivity contribution >= 4 is 11.9 Å². The number of likely N-dealkylation sites (N-methyl/N-ethyl adjacent to an activating group) is 1. The van der Waals surface area contributed by atoms with Crippen molar-refractivity contribution in [2.24, 2.45) is 0 Å². The molecule has 1 aliphatic heterocycles. The Hall–Kier alpha value is -1.42. The minimum atomic E-state index is 0.717. The topological polar surface area (TPSA) is 32.3 Å². The molecule has 0 bridgehead atoms. The van der Waals surface area contributed by atoms with Crippen molar-refractivity contribution in [2.75, 3.05) is 38.1 Å². The van der Waals surface area contributed by atoms with Crippen LogP contribution in [0.2, 0.25) is 0 Å². The molecule has 0 N–H and O–H groups in total. The number of piperazine rings is 1. The summed E-state index contributed by atoms with van der Waals surface area (Å²) in [6.45, 7) is 9.95. The third-order valence-electron chi connectivity index (χ3n) is 2.87. The third-order valence-corrected chi connectivity index (χ3v) is 2.87. The largest absolute Gasteiger partial charge is 0.354 e. The molecule has 0 aromatic carbocycles. The van der Waals surface area contributed by atoms with E-state index in [0.717, 1.165) is 37.7 Å². The summed E-state index contributed by atoms with van der Waals surface area (Å²) in [5.41, 5.74) is 0.999. The lowest BCUT2D eigenvalue weighted by Gasteiger charge is -2.33. The molecule has 2 heterocycles. The molecule has 1 aromatic rings. The average Bonchev–Trinajstić information content (AvgIpc) is 2.29. The predicted octanol–water partition coefficient (Wildman–Crippen LogP) is 1.18. The number of hydrogen-bond acceptors (Lipinski definition) is 4. The molecule has 16 heavy (non-hydrogen) atoms. The Bertz CT molecular complexity index is 381. The second-order valence-electron chi connectivity index (χ2n) is 4.22. The molecule has 4 heteroatoms. The molecule has 0 radical (unpaired) electrons. The van der Waals surface area contributed by atoms with Crippen LogP contribution in [0.15, 0.2) is 12.6 Å². The summed E-state index contributed by atoms with van der Waals surface area (Å²) in [5.74, 6) is 1.74. The predicted molar refractivity (Wildman–Crippen MR) is 66.6 cm³/mol. The average molecular weight is 218 g/mol. The minimum Gasteiger partial charge on any atom is -0.354 e. The quantitative estimate of drug-likeness (QED) is 0.746. The van der Waals surface area contributed by atoms with Gasteiger partial charge in [-0.05, 0) is 20.0 Å². The van der Waals surface area contributed by atoms with E-state index in [9.17, 15) is 0 Å². The standard InChI is InChI=1S/C12H18N4/c1-4-11-13-10(2)9-12(14-11)16-7-5-15(3)6-8-16/h4,9H,1,5-8H2,2-3H3. The first-order chi connectivity index (χ1) is 7.69. The van der Waals surface area contributed by atoms with Crippen molar-refractivity contribution in [3.8, 4) is 0 Å². The van der Waals surface area contributed by atoms with Crippen LogP contribution in [0.3, 0.4) is 0 Å². The maximum atomic E-state index is 4.48. The molecule has 0 saturated carbocycles. The highest BCUT2D eigenvalue weighted by molar-refractivity contribution is 5.46. The normalized spacial score (nSPS) is 17.5. The zero-order valence-electron chi connectivity index (χ0n) is 9.98. The van der Waals surface area contributed by atoms with E-state index in [0.29, 0.717) is 5.82 Å². The van der Waals surface area contributed by atoms with Gasteiger partial charge >= 0.3 is 0 Å². The van der Waals surface area contributed by atoms with Gasteiger partial charge in [0, 0.05) is 37.9 Å². The minimum absolute atomic E-state index is 0.717. The van der Waals surface area contributed by atoms with Crippen LogP contribution < -0.4 is 4.90 Å². The van der Waals surface area contributed by atoms with Gasteiger partial charge in [0.1, 0.15) is 5.82 Å². The third kappa shape index (κ3) is 2.39. The van der Waals surface area contributed by atoms with Crippen LogP contribution in [0.4, 0.5) is 5.82 Å². The second-order valence-corrected chi connectivity index (χ2v) is 4.22. The first kappa shape index (κ1) is 11.1. The van der Waals surface area contributed by atoms with Crippen molar-refractivity contribution in [1.29, 1.82) is 0 Å². The Morgan fingerprint density at radius 3 is 2.56 bits per heavy atom. The van der Waals surface area contributed by atoms with Gasteiger partial charge in [0.25, 0.3) is 0 Å². The van der Waals surface area contributed by atoms with Crippen LogP contribution in [0.5, 0.6) is 0 Å². The van der Waals surface area contributed by atoms with Crippen molar-refractivity contribution in [3.63, 3.8) is 0 Å². The lowest BCUT2D eigenvalue weighted by Crippen LogP contribution is -2.44. The fourth-order valence-electron chi connectivity index (χ4n) is 1.86. The number of hydrogen-bond donors (Lipinski definition) is 0. The van der Waals surface area contributed by atoms with Crippen LogP contribution in [-0.4, -0.2) is 48.1 Å². The number of anilines is 1. The summed E-state index contributed by atoms with van der Waals surface area (Å²) >= 11 is 0. The van der Waals surface area contributed by atoms with Crippen molar-refractivity contribution in [1.82, 2.24) is 14.9 Å². The molecule has 1 aromatic heterocycles. The van der Waals surface area contributed by atoms with E-state index >= 15 is 0 Å². The van der Waals surface area contributed by atoms with Crippen LogP contribution >= 0.6 is 0 Å². The van der Waals surface area contributed by atoms with Crippen LogP contribution in [0, 0.1) is 6.92 Å². The van der Waals surface area contributed by atoms with Gasteiger partial charge in [-0.15, -0.1) is 0 Å². The maximum Gasteiger partial charge on any atom is 0.153 e. The Kier molecular flexibility index (Phi) is 3.19. The maximum absolute atomic E-state index is 4.48. The van der Waals surface area contributed by atoms with Gasteiger partial charge in [-0.2, -0.15) is 0 Å². The molecule has 0 atom stereocenters. The zero-order chi connectivity index (χ0) is 11.5. The van der Waals surface area contributed by atoms with Crippen LogP contribution in [0.25, 0.3) is 6.08 Å². The van der Waals surface area contributed by atoms with Crippen molar-refractivity contribution in [2.45, 2.75) is 6.92 Å². The SMILES string of the molecule is C=Cc1nc(C)cc(N2CCN(C)CC2)n1. The van der Waals surface area contributed by atoms with E-state index in [1.165, 1.54) is 0 Å². The van der Waals surface area contributed by atoms with E-state index in [4.69, 9.17) is 0 Å². The first-order valence-electron chi connectivity index (χ1n) is 5.60. The Balaban J connectivity index is 2.19. The molecule has 1 saturated heterocycles. The van der Waals surface area contributed by atoms with Crippen LogP contribution in [-0.2, 0) is 0 Å². The van der Waals surface area contributed by atoms with E-state index in [1.807, 2.05) is 13.0 Å². The second kappa shape index (κ2) is 4.61.